The molecule has 0 radical (unpaired) electrons. The number of nitrogens with one attached hydrogen (secondary N) is 1. The van der Waals surface area contributed by atoms with Gasteiger partial charge in [-0.3, -0.25) is 9.59 Å². The standard InChI is InChI=1S/C22H27ClN2O3/c1-16(21(27)24-22(2,3)4)25(14-17-8-6-5-7-9-17)20(26)15-28-19-12-10-18(23)11-13-19/h5-13,16H,14-15H2,1-4H3,(H,24,27)/t16-/m0/s1. The highest BCUT2D eigenvalue weighted by Gasteiger charge is 2.28. The van der Waals surface area contributed by atoms with Gasteiger partial charge in [-0.05, 0) is 57.5 Å². The van der Waals surface area contributed by atoms with Crippen molar-refractivity contribution in [2.24, 2.45) is 0 Å². The third kappa shape index (κ3) is 6.89. The first-order valence-corrected chi connectivity index (χ1v) is 9.57. The van der Waals surface area contributed by atoms with Crippen LogP contribution < -0.4 is 10.1 Å². The van der Waals surface area contributed by atoms with Gasteiger partial charge in [0.25, 0.3) is 5.91 Å². The van der Waals surface area contributed by atoms with E-state index in [1.54, 1.807) is 31.2 Å². The van der Waals surface area contributed by atoms with Crippen LogP contribution in [0.3, 0.4) is 0 Å². The molecule has 2 rings (SSSR count). The number of carbonyl (C=O) groups excluding carboxylic acids is 2. The molecule has 0 aliphatic heterocycles. The first-order valence-electron chi connectivity index (χ1n) is 9.19. The fraction of sp³-hybridized carbons (Fsp3) is 0.364. The van der Waals surface area contributed by atoms with Crippen LogP contribution in [0.15, 0.2) is 54.6 Å². The molecule has 2 aromatic rings. The number of hydrogen-bond acceptors (Lipinski definition) is 3. The lowest BCUT2D eigenvalue weighted by Crippen LogP contribution is -2.53. The number of benzene rings is 2. The molecule has 0 bridgehead atoms. The number of halogens is 1. The fourth-order valence-corrected chi connectivity index (χ4v) is 2.72. The van der Waals surface area contributed by atoms with Gasteiger partial charge < -0.3 is 15.0 Å². The van der Waals surface area contributed by atoms with E-state index in [9.17, 15) is 9.59 Å². The van der Waals surface area contributed by atoms with Gasteiger partial charge >= 0.3 is 0 Å². The maximum Gasteiger partial charge on any atom is 0.261 e. The van der Waals surface area contributed by atoms with Crippen molar-refractivity contribution < 1.29 is 14.3 Å². The minimum Gasteiger partial charge on any atom is -0.484 e. The maximum absolute atomic E-state index is 12.9. The smallest absolute Gasteiger partial charge is 0.261 e. The quantitative estimate of drug-likeness (QED) is 0.760. The molecule has 0 aromatic heterocycles. The molecule has 5 nitrogen and oxygen atoms in total. The summed E-state index contributed by atoms with van der Waals surface area (Å²) in [7, 11) is 0. The first-order chi connectivity index (χ1) is 13.2. The van der Waals surface area contributed by atoms with E-state index in [0.717, 1.165) is 5.56 Å². The Bertz CT molecular complexity index is 786. The fourth-order valence-electron chi connectivity index (χ4n) is 2.60. The Morgan fingerprint density at radius 3 is 2.25 bits per heavy atom. The molecule has 0 aliphatic rings. The van der Waals surface area contributed by atoms with Gasteiger partial charge in [0.1, 0.15) is 11.8 Å². The van der Waals surface area contributed by atoms with Crippen LogP contribution >= 0.6 is 11.6 Å². The molecular formula is C22H27ClN2O3. The minimum absolute atomic E-state index is 0.165. The zero-order valence-electron chi connectivity index (χ0n) is 16.7. The third-order valence-electron chi connectivity index (χ3n) is 4.04. The largest absolute Gasteiger partial charge is 0.484 e. The van der Waals surface area contributed by atoms with Crippen LogP contribution in [0.5, 0.6) is 5.75 Å². The molecule has 0 spiro atoms. The summed E-state index contributed by atoms with van der Waals surface area (Å²) in [6, 6.07) is 15.7. The van der Waals surface area contributed by atoms with Crippen molar-refractivity contribution in [1.82, 2.24) is 10.2 Å². The Morgan fingerprint density at radius 1 is 1.07 bits per heavy atom. The van der Waals surface area contributed by atoms with E-state index in [0.29, 0.717) is 17.3 Å². The first kappa shape index (κ1) is 21.8. The predicted molar refractivity (Wildman–Crippen MR) is 111 cm³/mol. The molecule has 0 fully saturated rings. The number of ether oxygens (including phenoxy) is 1. The van der Waals surface area contributed by atoms with Gasteiger partial charge in [0.15, 0.2) is 6.61 Å². The summed E-state index contributed by atoms with van der Waals surface area (Å²) in [5.74, 6) is 0.0721. The summed E-state index contributed by atoms with van der Waals surface area (Å²) in [6.45, 7) is 7.61. The van der Waals surface area contributed by atoms with Crippen LogP contribution in [-0.2, 0) is 16.1 Å². The monoisotopic (exact) mass is 402 g/mol. The molecule has 0 unspecified atom stereocenters. The van der Waals surface area contributed by atoms with E-state index < -0.39 is 6.04 Å². The number of nitrogens with zero attached hydrogens (tertiary/aromatic N) is 1. The van der Waals surface area contributed by atoms with Crippen LogP contribution in [0.1, 0.15) is 33.3 Å². The summed E-state index contributed by atoms with van der Waals surface area (Å²) in [5.41, 5.74) is 0.560. The maximum atomic E-state index is 12.9. The van der Waals surface area contributed by atoms with Gasteiger partial charge in [-0.2, -0.15) is 0 Å². The van der Waals surface area contributed by atoms with Gasteiger partial charge in [0.05, 0.1) is 0 Å². The molecule has 0 aliphatic carbocycles. The van der Waals surface area contributed by atoms with Crippen molar-refractivity contribution in [3.8, 4) is 5.75 Å². The molecule has 1 atom stereocenters. The summed E-state index contributed by atoms with van der Waals surface area (Å²) in [6.07, 6.45) is 0. The number of amides is 2. The van der Waals surface area contributed by atoms with Crippen molar-refractivity contribution in [1.29, 1.82) is 0 Å². The Labute approximate surface area is 171 Å². The minimum atomic E-state index is -0.638. The predicted octanol–water partition coefficient (Wildman–Crippen LogP) is 4.05. The van der Waals surface area contributed by atoms with E-state index in [1.165, 1.54) is 4.90 Å². The van der Waals surface area contributed by atoms with Gasteiger partial charge in [-0.15, -0.1) is 0 Å². The Balaban J connectivity index is 2.12. The summed E-state index contributed by atoms with van der Waals surface area (Å²) in [4.78, 5) is 27.1. The Morgan fingerprint density at radius 2 is 1.68 bits per heavy atom. The van der Waals surface area contributed by atoms with Crippen LogP contribution in [0.2, 0.25) is 5.02 Å². The molecule has 150 valence electrons. The highest BCUT2D eigenvalue weighted by Crippen LogP contribution is 2.16. The van der Waals surface area contributed by atoms with Crippen LogP contribution in [0, 0.1) is 0 Å². The highest BCUT2D eigenvalue weighted by atomic mass is 35.5. The van der Waals surface area contributed by atoms with E-state index in [4.69, 9.17) is 16.3 Å². The van der Waals surface area contributed by atoms with E-state index in [-0.39, 0.29) is 24.0 Å². The van der Waals surface area contributed by atoms with Crippen molar-refractivity contribution >= 4 is 23.4 Å². The van der Waals surface area contributed by atoms with E-state index in [2.05, 4.69) is 5.32 Å². The lowest BCUT2D eigenvalue weighted by Gasteiger charge is -2.31. The lowest BCUT2D eigenvalue weighted by molar-refractivity contribution is -0.142. The number of hydrogen-bond donors (Lipinski definition) is 1. The zero-order chi connectivity index (χ0) is 20.7. The molecular weight excluding hydrogens is 376 g/mol. The molecule has 1 N–H and O–H groups in total. The lowest BCUT2D eigenvalue weighted by atomic mass is 10.1. The topological polar surface area (TPSA) is 58.6 Å². The molecule has 0 heterocycles. The molecule has 2 amide bonds. The normalized spacial score (nSPS) is 12.2. The summed E-state index contributed by atoms with van der Waals surface area (Å²) >= 11 is 5.87. The van der Waals surface area contributed by atoms with Crippen LogP contribution in [0.4, 0.5) is 0 Å². The van der Waals surface area contributed by atoms with Gasteiger partial charge in [0.2, 0.25) is 5.91 Å². The summed E-state index contributed by atoms with van der Waals surface area (Å²) < 4.78 is 5.59. The SMILES string of the molecule is C[C@@H](C(=O)NC(C)(C)C)N(Cc1ccccc1)C(=O)COc1ccc(Cl)cc1. The Kier molecular flexibility index (Phi) is 7.46. The van der Waals surface area contributed by atoms with Gasteiger partial charge in [-0.1, -0.05) is 41.9 Å². The second-order valence-electron chi connectivity index (χ2n) is 7.67. The molecule has 2 aromatic carbocycles. The molecule has 28 heavy (non-hydrogen) atoms. The zero-order valence-corrected chi connectivity index (χ0v) is 17.5. The average Bonchev–Trinajstić information content (AvgIpc) is 2.64. The second-order valence-corrected chi connectivity index (χ2v) is 8.10. The molecule has 0 saturated heterocycles. The summed E-state index contributed by atoms with van der Waals surface area (Å²) in [5, 5.41) is 3.53. The van der Waals surface area contributed by atoms with Crippen molar-refractivity contribution in [3.05, 3.63) is 65.2 Å². The van der Waals surface area contributed by atoms with Crippen molar-refractivity contribution in [3.63, 3.8) is 0 Å². The Hall–Kier alpha value is -2.53. The number of carbonyl (C=O) groups is 2. The third-order valence-corrected chi connectivity index (χ3v) is 4.29. The number of rotatable bonds is 7. The average molecular weight is 403 g/mol. The van der Waals surface area contributed by atoms with Crippen molar-refractivity contribution in [2.75, 3.05) is 6.61 Å². The molecule has 0 saturated carbocycles. The van der Waals surface area contributed by atoms with Crippen LogP contribution in [0.25, 0.3) is 0 Å². The van der Waals surface area contributed by atoms with Gasteiger partial charge in [0, 0.05) is 17.1 Å². The highest BCUT2D eigenvalue weighted by molar-refractivity contribution is 6.30. The second kappa shape index (κ2) is 9.60. The van der Waals surface area contributed by atoms with E-state index >= 15 is 0 Å². The van der Waals surface area contributed by atoms with Crippen molar-refractivity contribution in [2.45, 2.75) is 45.8 Å². The molecule has 6 heteroatoms. The van der Waals surface area contributed by atoms with Gasteiger partial charge in [-0.25, -0.2) is 0 Å². The van der Waals surface area contributed by atoms with E-state index in [1.807, 2.05) is 51.1 Å². The van der Waals surface area contributed by atoms with Crippen LogP contribution in [-0.4, -0.2) is 34.9 Å².